The molecule has 0 aliphatic rings. The molecule has 0 radical (unpaired) electrons. The van der Waals surface area contributed by atoms with Crippen molar-refractivity contribution in [2.24, 2.45) is 11.6 Å². The summed E-state index contributed by atoms with van der Waals surface area (Å²) in [6, 6.07) is 3.27. The highest BCUT2D eigenvalue weighted by molar-refractivity contribution is 5.76. The number of rotatable bonds is 3. The fourth-order valence-corrected chi connectivity index (χ4v) is 1.05. The molecule has 1 unspecified atom stereocenters. The van der Waals surface area contributed by atoms with E-state index in [4.69, 9.17) is 11.6 Å². The number of nitrogens with two attached hydrogens (primary N) is 2. The molecule has 5 nitrogen and oxygen atoms in total. The fraction of sp³-hybridized carbons (Fsp3) is 0.333. The van der Waals surface area contributed by atoms with Crippen LogP contribution in [0, 0.1) is 0 Å². The van der Waals surface area contributed by atoms with Gasteiger partial charge in [-0.1, -0.05) is 6.07 Å². The Morgan fingerprint density at radius 2 is 2.43 bits per heavy atom. The molecule has 0 aromatic carbocycles. The zero-order valence-electron chi connectivity index (χ0n) is 8.05. The number of aromatic nitrogens is 1. The van der Waals surface area contributed by atoms with E-state index in [0.717, 1.165) is 10.6 Å². The number of hydrazine groups is 1. The Balaban J connectivity index is 2.59. The average molecular weight is 194 g/mol. The Morgan fingerprint density at radius 3 is 2.93 bits per heavy atom. The Kier molecular flexibility index (Phi) is 3.55. The minimum atomic E-state index is -0.345. The summed E-state index contributed by atoms with van der Waals surface area (Å²) in [5.41, 5.74) is 6.63. The van der Waals surface area contributed by atoms with Gasteiger partial charge in [0.25, 0.3) is 0 Å². The maximum absolute atomic E-state index is 11.2. The van der Waals surface area contributed by atoms with Crippen molar-refractivity contribution in [1.82, 2.24) is 9.99 Å². The summed E-state index contributed by atoms with van der Waals surface area (Å²) in [7, 11) is 1.50. The van der Waals surface area contributed by atoms with Gasteiger partial charge in [0.15, 0.2) is 0 Å². The van der Waals surface area contributed by atoms with Gasteiger partial charge in [-0.05, 0) is 11.6 Å². The van der Waals surface area contributed by atoms with Gasteiger partial charge in [0, 0.05) is 31.9 Å². The van der Waals surface area contributed by atoms with Crippen LogP contribution in [0.3, 0.4) is 0 Å². The number of nitrogens with zero attached hydrogens (tertiary/aromatic N) is 2. The van der Waals surface area contributed by atoms with E-state index in [1.54, 1.807) is 18.5 Å². The molecule has 1 rings (SSSR count). The van der Waals surface area contributed by atoms with Crippen molar-refractivity contribution < 1.29 is 4.79 Å². The monoisotopic (exact) mass is 194 g/mol. The first-order chi connectivity index (χ1) is 6.61. The molecule has 76 valence electrons. The lowest BCUT2D eigenvalue weighted by Crippen LogP contribution is -2.35. The van der Waals surface area contributed by atoms with Crippen LogP contribution in [0.1, 0.15) is 18.0 Å². The molecule has 0 bridgehead atoms. The van der Waals surface area contributed by atoms with Crippen molar-refractivity contribution in [1.29, 1.82) is 0 Å². The topological polar surface area (TPSA) is 85.2 Å². The molecule has 0 spiro atoms. The lowest BCUT2D eigenvalue weighted by Gasteiger charge is -2.14. The minimum Gasteiger partial charge on any atom is -0.323 e. The van der Waals surface area contributed by atoms with Crippen molar-refractivity contribution >= 4 is 5.91 Å². The number of pyridine rings is 1. The Labute approximate surface area is 82.7 Å². The first kappa shape index (κ1) is 10.6. The number of carbonyl (C=O) groups is 1. The van der Waals surface area contributed by atoms with Gasteiger partial charge in [-0.2, -0.15) is 0 Å². The van der Waals surface area contributed by atoms with Crippen LogP contribution in [0.5, 0.6) is 0 Å². The van der Waals surface area contributed by atoms with Gasteiger partial charge in [0.05, 0.1) is 0 Å². The number of amides is 1. The Morgan fingerprint density at radius 1 is 1.71 bits per heavy atom. The highest BCUT2D eigenvalue weighted by Gasteiger charge is 2.12. The fourth-order valence-electron chi connectivity index (χ4n) is 1.05. The third kappa shape index (κ3) is 2.79. The van der Waals surface area contributed by atoms with E-state index in [1.165, 1.54) is 7.05 Å². The molecular formula is C9H14N4O. The largest absolute Gasteiger partial charge is 0.323 e. The van der Waals surface area contributed by atoms with E-state index >= 15 is 0 Å². The highest BCUT2D eigenvalue weighted by Crippen LogP contribution is 2.12. The lowest BCUT2D eigenvalue weighted by atomic mass is 10.1. The van der Waals surface area contributed by atoms with Crippen LogP contribution < -0.4 is 11.6 Å². The summed E-state index contributed by atoms with van der Waals surface area (Å²) < 4.78 is 0. The SMILES string of the molecule is CN(N)C(=O)CC(N)c1cccnc1. The third-order valence-electron chi connectivity index (χ3n) is 1.90. The molecule has 0 saturated heterocycles. The van der Waals surface area contributed by atoms with Crippen molar-refractivity contribution in [3.05, 3.63) is 30.1 Å². The second kappa shape index (κ2) is 4.69. The predicted molar refractivity (Wildman–Crippen MR) is 52.7 cm³/mol. The molecule has 1 heterocycles. The van der Waals surface area contributed by atoms with E-state index in [1.807, 2.05) is 6.07 Å². The maximum Gasteiger partial charge on any atom is 0.238 e. The molecule has 0 saturated carbocycles. The normalized spacial score (nSPS) is 12.2. The predicted octanol–water partition coefficient (Wildman–Crippen LogP) is -0.196. The van der Waals surface area contributed by atoms with Crippen LogP contribution in [-0.4, -0.2) is 22.9 Å². The van der Waals surface area contributed by atoms with Crippen molar-refractivity contribution in [2.45, 2.75) is 12.5 Å². The first-order valence-electron chi connectivity index (χ1n) is 4.28. The molecule has 4 N–H and O–H groups in total. The van der Waals surface area contributed by atoms with Crippen LogP contribution in [0.25, 0.3) is 0 Å². The summed E-state index contributed by atoms with van der Waals surface area (Å²) in [6.45, 7) is 0. The van der Waals surface area contributed by atoms with Gasteiger partial charge in [-0.3, -0.25) is 14.8 Å². The maximum atomic E-state index is 11.2. The molecule has 1 aromatic heterocycles. The van der Waals surface area contributed by atoms with E-state index in [0.29, 0.717) is 0 Å². The molecule has 1 amide bonds. The third-order valence-corrected chi connectivity index (χ3v) is 1.90. The van der Waals surface area contributed by atoms with Crippen LogP contribution in [0.2, 0.25) is 0 Å². The van der Waals surface area contributed by atoms with Crippen LogP contribution in [-0.2, 0) is 4.79 Å². The van der Waals surface area contributed by atoms with Crippen LogP contribution in [0.4, 0.5) is 0 Å². The quantitative estimate of drug-likeness (QED) is 0.396. The van der Waals surface area contributed by atoms with Crippen molar-refractivity contribution in [3.8, 4) is 0 Å². The molecule has 5 heteroatoms. The highest BCUT2D eigenvalue weighted by atomic mass is 16.2. The summed E-state index contributed by atoms with van der Waals surface area (Å²) in [5, 5.41) is 1.04. The van der Waals surface area contributed by atoms with Gasteiger partial charge in [-0.15, -0.1) is 0 Å². The van der Waals surface area contributed by atoms with Crippen LogP contribution in [0.15, 0.2) is 24.5 Å². The van der Waals surface area contributed by atoms with E-state index in [9.17, 15) is 4.79 Å². The zero-order chi connectivity index (χ0) is 10.6. The van der Waals surface area contributed by atoms with Gasteiger partial charge in [0.1, 0.15) is 0 Å². The minimum absolute atomic E-state index is 0.193. The van der Waals surface area contributed by atoms with Crippen LogP contribution >= 0.6 is 0 Å². The van der Waals surface area contributed by atoms with Crippen molar-refractivity contribution in [2.75, 3.05) is 7.05 Å². The van der Waals surface area contributed by atoms with Gasteiger partial charge >= 0.3 is 0 Å². The smallest absolute Gasteiger partial charge is 0.238 e. The summed E-state index contributed by atoms with van der Waals surface area (Å²) in [5.74, 6) is 5.08. The molecule has 1 atom stereocenters. The zero-order valence-corrected chi connectivity index (χ0v) is 8.05. The molecular weight excluding hydrogens is 180 g/mol. The van der Waals surface area contributed by atoms with Gasteiger partial charge < -0.3 is 5.73 Å². The Hall–Kier alpha value is -1.46. The summed E-state index contributed by atoms with van der Waals surface area (Å²) >= 11 is 0. The number of hydrogen-bond acceptors (Lipinski definition) is 4. The molecule has 0 fully saturated rings. The second-order valence-corrected chi connectivity index (χ2v) is 3.10. The summed E-state index contributed by atoms with van der Waals surface area (Å²) in [4.78, 5) is 15.1. The molecule has 14 heavy (non-hydrogen) atoms. The number of carbonyl (C=O) groups excluding carboxylic acids is 1. The summed E-state index contributed by atoms with van der Waals surface area (Å²) in [6.07, 6.45) is 3.50. The van der Waals surface area contributed by atoms with Gasteiger partial charge in [-0.25, -0.2) is 5.84 Å². The lowest BCUT2D eigenvalue weighted by molar-refractivity contribution is -0.130. The average Bonchev–Trinajstić information content (AvgIpc) is 2.19. The molecule has 0 aliphatic carbocycles. The van der Waals surface area contributed by atoms with E-state index in [-0.39, 0.29) is 18.4 Å². The molecule has 0 aliphatic heterocycles. The van der Waals surface area contributed by atoms with Crippen molar-refractivity contribution in [3.63, 3.8) is 0 Å². The van der Waals surface area contributed by atoms with E-state index in [2.05, 4.69) is 4.98 Å². The van der Waals surface area contributed by atoms with E-state index < -0.39 is 0 Å². The first-order valence-corrected chi connectivity index (χ1v) is 4.28. The Bertz CT molecular complexity index is 299. The standard InChI is InChI=1S/C9H14N4O/c1-13(11)9(14)5-8(10)7-3-2-4-12-6-7/h2-4,6,8H,5,10-11H2,1H3. The second-order valence-electron chi connectivity index (χ2n) is 3.10. The number of hydrogen-bond donors (Lipinski definition) is 2. The molecule has 1 aromatic rings. The van der Waals surface area contributed by atoms with Gasteiger partial charge in [0.2, 0.25) is 5.91 Å².